The van der Waals surface area contributed by atoms with Gasteiger partial charge >= 0.3 is 5.97 Å². The van der Waals surface area contributed by atoms with Crippen LogP contribution >= 0.6 is 0 Å². The lowest BCUT2D eigenvalue weighted by molar-refractivity contribution is -0.199. The van der Waals surface area contributed by atoms with Crippen molar-refractivity contribution in [1.82, 2.24) is 0 Å². The molecule has 5 nitrogen and oxygen atoms in total. The summed E-state index contributed by atoms with van der Waals surface area (Å²) in [5.74, 6) is -0.0498. The van der Waals surface area contributed by atoms with E-state index in [-0.39, 0.29) is 29.1 Å². The Kier molecular flexibility index (Phi) is 4.12. The number of Topliss-reactive ketones (excluding diaryl/α,β-unsaturated/α-hetero) is 1. The first-order chi connectivity index (χ1) is 12.7. The van der Waals surface area contributed by atoms with Gasteiger partial charge < -0.3 is 14.3 Å². The highest BCUT2D eigenvalue weighted by atomic mass is 16.5. The fourth-order valence-electron chi connectivity index (χ4n) is 7.12. The Morgan fingerprint density at radius 2 is 2.00 bits per heavy atom. The quantitative estimate of drug-likeness (QED) is 0.803. The molecule has 6 atom stereocenters. The Labute approximate surface area is 160 Å². The molecule has 1 N–H and O–H groups in total. The third-order valence-corrected chi connectivity index (χ3v) is 8.24. The van der Waals surface area contributed by atoms with Crippen molar-refractivity contribution >= 4 is 11.8 Å². The van der Waals surface area contributed by atoms with Gasteiger partial charge in [0, 0.05) is 18.8 Å². The Balaban J connectivity index is 1.78. The van der Waals surface area contributed by atoms with Crippen LogP contribution < -0.4 is 0 Å². The molecule has 0 aliphatic heterocycles. The molecule has 4 rings (SSSR count). The number of rotatable bonds is 2. The number of aryl methyl sites for hydroxylation is 1. The molecule has 0 bridgehead atoms. The lowest BCUT2D eigenvalue weighted by Crippen LogP contribution is -2.65. The van der Waals surface area contributed by atoms with Gasteiger partial charge in [0.1, 0.15) is 0 Å². The molecule has 3 aliphatic carbocycles. The van der Waals surface area contributed by atoms with E-state index in [0.29, 0.717) is 12.3 Å². The van der Waals surface area contributed by atoms with Crippen LogP contribution in [0.4, 0.5) is 0 Å². The van der Waals surface area contributed by atoms with E-state index in [0.717, 1.165) is 25.7 Å². The molecule has 148 valence electrons. The molecule has 0 saturated heterocycles. The van der Waals surface area contributed by atoms with Gasteiger partial charge in [0.05, 0.1) is 19.1 Å². The summed E-state index contributed by atoms with van der Waals surface area (Å²) in [5.41, 5.74) is 1.59. The summed E-state index contributed by atoms with van der Waals surface area (Å²) in [7, 11) is 0. The van der Waals surface area contributed by atoms with Crippen molar-refractivity contribution in [2.75, 3.05) is 6.61 Å². The van der Waals surface area contributed by atoms with E-state index >= 15 is 0 Å². The maximum Gasteiger partial charge on any atom is 0.303 e. The van der Waals surface area contributed by atoms with Gasteiger partial charge in [0.25, 0.3) is 0 Å². The first-order valence-electron chi connectivity index (χ1n) is 10.0. The molecule has 1 heterocycles. The molecule has 2 saturated carbocycles. The zero-order valence-corrected chi connectivity index (χ0v) is 16.7. The molecular weight excluding hydrogens is 344 g/mol. The van der Waals surface area contributed by atoms with Gasteiger partial charge in [-0.05, 0) is 59.5 Å². The van der Waals surface area contributed by atoms with Crippen molar-refractivity contribution in [3.63, 3.8) is 0 Å². The summed E-state index contributed by atoms with van der Waals surface area (Å²) in [6, 6.07) is 0. The lowest BCUT2D eigenvalue weighted by atomic mass is 9.40. The monoisotopic (exact) mass is 374 g/mol. The average molecular weight is 374 g/mol. The highest BCUT2D eigenvalue weighted by Crippen LogP contribution is 2.66. The number of hydrogen-bond donors (Lipinski definition) is 1. The molecule has 1 aromatic rings. The predicted molar refractivity (Wildman–Crippen MR) is 99.1 cm³/mol. The number of furan rings is 1. The van der Waals surface area contributed by atoms with Crippen molar-refractivity contribution in [3.05, 3.63) is 23.7 Å². The zero-order valence-electron chi connectivity index (χ0n) is 16.7. The molecular formula is C22H30O5. The Hall–Kier alpha value is -1.62. The fourth-order valence-corrected chi connectivity index (χ4v) is 7.12. The van der Waals surface area contributed by atoms with Gasteiger partial charge in [0.2, 0.25) is 0 Å². The number of hydrogen-bond acceptors (Lipinski definition) is 5. The Morgan fingerprint density at radius 1 is 1.26 bits per heavy atom. The number of carbonyl (C=O) groups excluding carboxylic acids is 2. The highest BCUT2D eigenvalue weighted by Gasteiger charge is 2.66. The van der Waals surface area contributed by atoms with Crippen molar-refractivity contribution in [1.29, 1.82) is 0 Å². The minimum absolute atomic E-state index is 0.0171. The fraction of sp³-hybridized carbons (Fsp3) is 0.727. The van der Waals surface area contributed by atoms with Gasteiger partial charge in [-0.15, -0.1) is 0 Å². The van der Waals surface area contributed by atoms with Crippen LogP contribution in [0, 0.1) is 22.7 Å². The van der Waals surface area contributed by atoms with E-state index in [1.165, 1.54) is 18.1 Å². The molecule has 0 amide bonds. The van der Waals surface area contributed by atoms with E-state index in [2.05, 4.69) is 13.8 Å². The lowest BCUT2D eigenvalue weighted by Gasteiger charge is -2.64. The minimum Gasteiger partial charge on any atom is -0.472 e. The molecule has 0 spiro atoms. The van der Waals surface area contributed by atoms with E-state index < -0.39 is 17.5 Å². The van der Waals surface area contributed by atoms with E-state index in [1.54, 1.807) is 0 Å². The molecule has 3 aliphatic rings. The largest absolute Gasteiger partial charge is 0.472 e. The summed E-state index contributed by atoms with van der Waals surface area (Å²) < 4.78 is 11.0. The predicted octanol–water partition coefficient (Wildman–Crippen LogP) is 3.42. The summed E-state index contributed by atoms with van der Waals surface area (Å²) in [6.45, 7) is 7.64. The van der Waals surface area contributed by atoms with Gasteiger partial charge in [0.15, 0.2) is 11.9 Å². The van der Waals surface area contributed by atoms with E-state index in [1.807, 2.05) is 19.5 Å². The van der Waals surface area contributed by atoms with Gasteiger partial charge in [-0.2, -0.15) is 0 Å². The van der Waals surface area contributed by atoms with Crippen LogP contribution in [0.25, 0.3) is 0 Å². The van der Waals surface area contributed by atoms with Crippen LogP contribution in [-0.4, -0.2) is 29.6 Å². The summed E-state index contributed by atoms with van der Waals surface area (Å²) in [4.78, 5) is 24.8. The molecule has 6 unspecified atom stereocenters. The summed E-state index contributed by atoms with van der Waals surface area (Å²) >= 11 is 0. The van der Waals surface area contributed by atoms with Crippen molar-refractivity contribution in [2.45, 2.75) is 71.3 Å². The van der Waals surface area contributed by atoms with Crippen molar-refractivity contribution in [2.24, 2.45) is 22.7 Å². The Morgan fingerprint density at radius 3 is 2.67 bits per heavy atom. The molecule has 0 radical (unpaired) electrons. The van der Waals surface area contributed by atoms with Crippen LogP contribution in [0.2, 0.25) is 0 Å². The van der Waals surface area contributed by atoms with Crippen molar-refractivity contribution in [3.8, 4) is 0 Å². The average Bonchev–Trinajstić information content (AvgIpc) is 3.08. The number of aliphatic hydroxyl groups excluding tert-OH is 1. The number of aliphatic hydroxyl groups is 1. The molecule has 5 heteroatoms. The third-order valence-electron chi connectivity index (χ3n) is 8.24. The number of fused-ring (bicyclic) bond motifs is 5. The Bertz CT molecular complexity index is 781. The number of ketones is 1. The molecule has 0 aromatic carbocycles. The smallest absolute Gasteiger partial charge is 0.303 e. The minimum atomic E-state index is -0.851. The standard InChI is InChI=1S/C22H30O5/c1-13(24)27-19-16(25)9-21(3)17-6-5-14-10-26-11-15(14)20(17,2)8-7-18(21)22(19,4)12-23/h10-11,17-19,23H,5-9,12H2,1-4H3. The van der Waals surface area contributed by atoms with Crippen LogP contribution in [0.1, 0.15) is 64.5 Å². The van der Waals surface area contributed by atoms with Crippen LogP contribution in [0.15, 0.2) is 16.9 Å². The number of esters is 1. The third kappa shape index (κ3) is 2.40. The number of carbonyl (C=O) groups is 2. The molecule has 27 heavy (non-hydrogen) atoms. The number of ether oxygens (including phenoxy) is 1. The van der Waals surface area contributed by atoms with Gasteiger partial charge in [-0.3, -0.25) is 9.59 Å². The first kappa shape index (κ1) is 18.7. The normalized spacial score (nSPS) is 43.4. The first-order valence-corrected chi connectivity index (χ1v) is 10.0. The second kappa shape index (κ2) is 5.94. The summed E-state index contributed by atoms with van der Waals surface area (Å²) in [5, 5.41) is 10.3. The van der Waals surface area contributed by atoms with Gasteiger partial charge in [-0.1, -0.05) is 20.8 Å². The molecule has 1 aromatic heterocycles. The topological polar surface area (TPSA) is 76.7 Å². The zero-order chi connectivity index (χ0) is 19.6. The summed E-state index contributed by atoms with van der Waals surface area (Å²) in [6.07, 6.45) is 7.18. The maximum atomic E-state index is 13.1. The second-order valence-corrected chi connectivity index (χ2v) is 9.71. The van der Waals surface area contributed by atoms with Crippen LogP contribution in [-0.2, 0) is 26.2 Å². The highest BCUT2D eigenvalue weighted by molar-refractivity contribution is 5.88. The van der Waals surface area contributed by atoms with E-state index in [4.69, 9.17) is 9.15 Å². The SMILES string of the molecule is CC(=O)OC1C(=O)CC2(C)C3CCc4cocc4C3(C)CCC2C1(C)CO. The van der Waals surface area contributed by atoms with Gasteiger partial charge in [-0.25, -0.2) is 0 Å². The van der Waals surface area contributed by atoms with Crippen LogP contribution in [0.5, 0.6) is 0 Å². The van der Waals surface area contributed by atoms with Crippen LogP contribution in [0.3, 0.4) is 0 Å². The molecule has 2 fully saturated rings. The van der Waals surface area contributed by atoms with E-state index in [9.17, 15) is 14.7 Å². The maximum absolute atomic E-state index is 13.1. The van der Waals surface area contributed by atoms with Crippen molar-refractivity contribution < 1.29 is 23.8 Å². The second-order valence-electron chi connectivity index (χ2n) is 9.71.